The molecule has 2 aromatic rings. The molecule has 2 aromatic carbocycles. The maximum atomic E-state index is 12.4. The number of rotatable bonds is 4. The number of ketones is 1. The van der Waals surface area contributed by atoms with Gasteiger partial charge in [-0.3, -0.25) is 4.79 Å². The number of benzene rings is 2. The highest BCUT2D eigenvalue weighted by molar-refractivity contribution is 7.86. The van der Waals surface area contributed by atoms with E-state index in [-0.39, 0.29) is 23.0 Å². The third kappa shape index (κ3) is 3.26. The van der Waals surface area contributed by atoms with Crippen molar-refractivity contribution in [3.63, 3.8) is 0 Å². The van der Waals surface area contributed by atoms with E-state index in [4.69, 9.17) is 13.7 Å². The van der Waals surface area contributed by atoms with Gasteiger partial charge in [0.25, 0.3) is 0 Å². The molecule has 0 N–H and O–H groups in total. The Hall–Kier alpha value is -2.80. The zero-order valence-electron chi connectivity index (χ0n) is 13.0. The Bertz CT molecular complexity index is 943. The van der Waals surface area contributed by atoms with Gasteiger partial charge >= 0.3 is 10.1 Å². The second kappa shape index (κ2) is 6.01. The van der Waals surface area contributed by atoms with Crippen LogP contribution in [0.25, 0.3) is 6.08 Å². The van der Waals surface area contributed by atoms with Gasteiger partial charge in [0.1, 0.15) is 17.2 Å². The molecule has 24 heavy (non-hydrogen) atoms. The summed E-state index contributed by atoms with van der Waals surface area (Å²) < 4.78 is 38.0. The lowest BCUT2D eigenvalue weighted by Crippen LogP contribution is -2.05. The van der Waals surface area contributed by atoms with Crippen LogP contribution in [0.3, 0.4) is 0 Å². The molecule has 0 bridgehead atoms. The van der Waals surface area contributed by atoms with Crippen molar-refractivity contribution in [2.75, 3.05) is 13.4 Å². The largest absolute Gasteiger partial charge is 0.496 e. The van der Waals surface area contributed by atoms with Crippen molar-refractivity contribution in [3.05, 3.63) is 59.4 Å². The molecule has 0 unspecified atom stereocenters. The van der Waals surface area contributed by atoms with Crippen molar-refractivity contribution in [2.45, 2.75) is 0 Å². The summed E-state index contributed by atoms with van der Waals surface area (Å²) in [6, 6.07) is 11.5. The van der Waals surface area contributed by atoms with Gasteiger partial charge in [-0.25, -0.2) is 0 Å². The summed E-state index contributed by atoms with van der Waals surface area (Å²) in [7, 11) is -2.11. The predicted octanol–water partition coefficient (Wildman–Crippen LogP) is 2.65. The highest BCUT2D eigenvalue weighted by Gasteiger charge is 2.28. The minimum atomic E-state index is -3.65. The lowest BCUT2D eigenvalue weighted by Gasteiger charge is -2.05. The standard InChI is InChI=1S/C17H14O6S/c1-21-14-6-4-3-5-11(14)9-16-17(18)13-8-7-12(10-15(13)22-16)23-24(2,19)20/h3-10H,1-2H3/b16-9-. The molecule has 0 saturated carbocycles. The van der Waals surface area contributed by atoms with Crippen molar-refractivity contribution in [1.29, 1.82) is 0 Å². The minimum Gasteiger partial charge on any atom is -0.496 e. The van der Waals surface area contributed by atoms with Crippen LogP contribution < -0.4 is 13.7 Å². The van der Waals surface area contributed by atoms with Crippen molar-refractivity contribution >= 4 is 22.0 Å². The van der Waals surface area contributed by atoms with Gasteiger partial charge in [-0.2, -0.15) is 8.42 Å². The normalized spacial score (nSPS) is 15.1. The Morgan fingerprint density at radius 2 is 1.88 bits per heavy atom. The predicted molar refractivity (Wildman–Crippen MR) is 87.8 cm³/mol. The van der Waals surface area contributed by atoms with Gasteiger partial charge in [-0.05, 0) is 24.3 Å². The molecular weight excluding hydrogens is 332 g/mol. The zero-order valence-corrected chi connectivity index (χ0v) is 13.8. The monoisotopic (exact) mass is 346 g/mol. The lowest BCUT2D eigenvalue weighted by atomic mass is 10.1. The van der Waals surface area contributed by atoms with Crippen molar-refractivity contribution < 1.29 is 26.9 Å². The smallest absolute Gasteiger partial charge is 0.306 e. The topological polar surface area (TPSA) is 78.9 Å². The molecule has 6 nitrogen and oxygen atoms in total. The molecule has 0 saturated heterocycles. The maximum absolute atomic E-state index is 12.4. The SMILES string of the molecule is COc1ccccc1/C=C1\Oc2cc(OS(C)(=O)=O)ccc2C1=O. The summed E-state index contributed by atoms with van der Waals surface area (Å²) in [4.78, 5) is 12.4. The molecule has 0 fully saturated rings. The number of carbonyl (C=O) groups is 1. The summed E-state index contributed by atoms with van der Waals surface area (Å²) in [6.45, 7) is 0. The van der Waals surface area contributed by atoms with E-state index in [1.165, 1.54) is 25.3 Å². The molecule has 1 aliphatic rings. The van der Waals surface area contributed by atoms with E-state index in [2.05, 4.69) is 0 Å². The Balaban J connectivity index is 1.94. The second-order valence-electron chi connectivity index (χ2n) is 5.13. The van der Waals surface area contributed by atoms with Crippen molar-refractivity contribution in [2.24, 2.45) is 0 Å². The molecule has 0 aliphatic carbocycles. The summed E-state index contributed by atoms with van der Waals surface area (Å²) in [6.07, 6.45) is 2.53. The maximum Gasteiger partial charge on any atom is 0.306 e. The third-order valence-electron chi connectivity index (χ3n) is 3.31. The zero-order chi connectivity index (χ0) is 17.3. The number of ether oxygens (including phenoxy) is 2. The fraction of sp³-hybridized carbons (Fsp3) is 0.118. The second-order valence-corrected chi connectivity index (χ2v) is 6.70. The highest BCUT2D eigenvalue weighted by Crippen LogP contribution is 2.35. The van der Waals surface area contributed by atoms with Crippen LogP contribution in [0.15, 0.2) is 48.2 Å². The van der Waals surface area contributed by atoms with Crippen LogP contribution in [-0.4, -0.2) is 27.6 Å². The average molecular weight is 346 g/mol. The lowest BCUT2D eigenvalue weighted by molar-refractivity contribution is 0.101. The molecule has 3 rings (SSSR count). The summed E-state index contributed by atoms with van der Waals surface area (Å²) in [5, 5.41) is 0. The third-order valence-corrected chi connectivity index (χ3v) is 3.81. The van der Waals surface area contributed by atoms with E-state index in [1.807, 2.05) is 12.1 Å². The first-order chi connectivity index (χ1) is 11.4. The van der Waals surface area contributed by atoms with Gasteiger partial charge in [0.05, 0.1) is 18.9 Å². The molecule has 7 heteroatoms. The molecule has 0 spiro atoms. The number of fused-ring (bicyclic) bond motifs is 1. The fourth-order valence-corrected chi connectivity index (χ4v) is 2.77. The van der Waals surface area contributed by atoms with E-state index >= 15 is 0 Å². The molecule has 124 valence electrons. The van der Waals surface area contributed by atoms with E-state index in [0.717, 1.165) is 6.26 Å². The number of carbonyl (C=O) groups excluding carboxylic acids is 1. The number of hydrogen-bond donors (Lipinski definition) is 0. The molecule has 0 atom stereocenters. The van der Waals surface area contributed by atoms with Gasteiger partial charge < -0.3 is 13.7 Å². The van der Waals surface area contributed by atoms with Crippen LogP contribution in [0, 0.1) is 0 Å². The van der Waals surface area contributed by atoms with Crippen LogP contribution >= 0.6 is 0 Å². The van der Waals surface area contributed by atoms with E-state index < -0.39 is 10.1 Å². The van der Waals surface area contributed by atoms with Crippen LogP contribution in [0.4, 0.5) is 0 Å². The average Bonchev–Trinajstić information content (AvgIpc) is 2.82. The Morgan fingerprint density at radius 1 is 1.12 bits per heavy atom. The summed E-state index contributed by atoms with van der Waals surface area (Å²) >= 11 is 0. The highest BCUT2D eigenvalue weighted by atomic mass is 32.2. The molecule has 1 aliphatic heterocycles. The van der Waals surface area contributed by atoms with E-state index in [9.17, 15) is 13.2 Å². The Morgan fingerprint density at radius 3 is 2.58 bits per heavy atom. The number of allylic oxidation sites excluding steroid dienone is 1. The Kier molecular flexibility index (Phi) is 4.02. The fourth-order valence-electron chi connectivity index (χ4n) is 2.32. The first-order valence-corrected chi connectivity index (χ1v) is 8.80. The molecule has 0 aromatic heterocycles. The van der Waals surface area contributed by atoms with E-state index in [1.54, 1.807) is 18.2 Å². The quantitative estimate of drug-likeness (QED) is 0.625. The van der Waals surface area contributed by atoms with Gasteiger partial charge in [-0.1, -0.05) is 18.2 Å². The first-order valence-electron chi connectivity index (χ1n) is 6.98. The van der Waals surface area contributed by atoms with Gasteiger partial charge in [-0.15, -0.1) is 0 Å². The number of para-hydroxylation sites is 1. The molecule has 0 radical (unpaired) electrons. The molecular formula is C17H14O6S. The summed E-state index contributed by atoms with van der Waals surface area (Å²) in [5.41, 5.74) is 1.04. The number of methoxy groups -OCH3 is 1. The summed E-state index contributed by atoms with van der Waals surface area (Å²) in [5.74, 6) is 0.788. The minimum absolute atomic E-state index is 0.0857. The van der Waals surface area contributed by atoms with Crippen molar-refractivity contribution in [3.8, 4) is 17.2 Å². The van der Waals surface area contributed by atoms with Gasteiger partial charge in [0.15, 0.2) is 5.76 Å². The van der Waals surface area contributed by atoms with E-state index in [0.29, 0.717) is 16.9 Å². The van der Waals surface area contributed by atoms with Crippen LogP contribution in [0.2, 0.25) is 0 Å². The van der Waals surface area contributed by atoms with Crippen LogP contribution in [0.5, 0.6) is 17.2 Å². The van der Waals surface area contributed by atoms with Gasteiger partial charge in [0.2, 0.25) is 5.78 Å². The first kappa shape index (κ1) is 16.1. The molecule has 1 heterocycles. The number of hydrogen-bond acceptors (Lipinski definition) is 6. The van der Waals surface area contributed by atoms with Crippen molar-refractivity contribution in [1.82, 2.24) is 0 Å². The molecule has 0 amide bonds. The number of Topliss-reactive ketones (excluding diaryl/α,β-unsaturated/α-hetero) is 1. The van der Waals surface area contributed by atoms with Gasteiger partial charge in [0, 0.05) is 11.6 Å². The Labute approximate surface area is 139 Å². The van der Waals surface area contributed by atoms with Crippen LogP contribution in [-0.2, 0) is 10.1 Å². The van der Waals surface area contributed by atoms with Crippen LogP contribution in [0.1, 0.15) is 15.9 Å².